The number of carbonyl (C=O) groups excluding carboxylic acids is 2. The monoisotopic (exact) mass is 309 g/mol. The Hall–Kier alpha value is -2.88. The zero-order valence-electron chi connectivity index (χ0n) is 13.5. The Kier molecular flexibility index (Phi) is 4.96. The van der Waals surface area contributed by atoms with Crippen LogP contribution in [0.4, 0.5) is 0 Å². The molecule has 2 amide bonds. The summed E-state index contributed by atoms with van der Waals surface area (Å²) in [6, 6.07) is 12.2. The van der Waals surface area contributed by atoms with E-state index in [2.05, 4.69) is 6.58 Å². The van der Waals surface area contributed by atoms with Crippen molar-refractivity contribution in [2.75, 3.05) is 14.2 Å². The lowest BCUT2D eigenvalue weighted by Crippen LogP contribution is -2.34. The molecule has 0 bridgehead atoms. The van der Waals surface area contributed by atoms with Crippen molar-refractivity contribution in [3.8, 4) is 5.75 Å². The van der Waals surface area contributed by atoms with E-state index >= 15 is 0 Å². The van der Waals surface area contributed by atoms with Gasteiger partial charge < -0.3 is 4.74 Å². The van der Waals surface area contributed by atoms with E-state index in [1.165, 1.54) is 7.05 Å². The van der Waals surface area contributed by atoms with Crippen LogP contribution < -0.4 is 4.74 Å². The fraction of sp³-hybridized carbons (Fsp3) is 0.158. The number of aryl methyl sites for hydroxylation is 1. The first-order chi connectivity index (χ1) is 11.0. The number of rotatable bonds is 4. The highest BCUT2D eigenvalue weighted by molar-refractivity contribution is 6.11. The summed E-state index contributed by atoms with van der Waals surface area (Å²) in [7, 11) is 3.03. The first kappa shape index (κ1) is 16.5. The Morgan fingerprint density at radius 3 is 2.35 bits per heavy atom. The predicted molar refractivity (Wildman–Crippen MR) is 90.7 cm³/mol. The van der Waals surface area contributed by atoms with Crippen LogP contribution in [0.15, 0.2) is 49.0 Å². The third kappa shape index (κ3) is 3.31. The molecule has 23 heavy (non-hydrogen) atoms. The van der Waals surface area contributed by atoms with E-state index in [1.54, 1.807) is 43.5 Å². The number of benzene rings is 2. The maximum Gasteiger partial charge on any atom is 0.261 e. The highest BCUT2D eigenvalue weighted by Gasteiger charge is 2.22. The Balaban J connectivity index is 2.35. The van der Waals surface area contributed by atoms with Gasteiger partial charge in [0, 0.05) is 18.2 Å². The van der Waals surface area contributed by atoms with Crippen LogP contribution in [0.5, 0.6) is 5.75 Å². The van der Waals surface area contributed by atoms with E-state index in [4.69, 9.17) is 4.74 Å². The molecule has 0 aliphatic rings. The normalized spacial score (nSPS) is 10.0. The lowest BCUT2D eigenvalue weighted by Gasteiger charge is -2.18. The van der Waals surface area contributed by atoms with Gasteiger partial charge in [0.2, 0.25) is 0 Å². The summed E-state index contributed by atoms with van der Waals surface area (Å²) in [4.78, 5) is 26.3. The van der Waals surface area contributed by atoms with Gasteiger partial charge in [-0.1, -0.05) is 30.9 Å². The Bertz CT molecular complexity index is 765. The van der Waals surface area contributed by atoms with Gasteiger partial charge in [-0.3, -0.25) is 14.5 Å². The lowest BCUT2D eigenvalue weighted by molar-refractivity contribution is 0.0655. The van der Waals surface area contributed by atoms with Crippen molar-refractivity contribution < 1.29 is 14.3 Å². The van der Waals surface area contributed by atoms with Gasteiger partial charge in [-0.15, -0.1) is 0 Å². The quantitative estimate of drug-likeness (QED) is 0.811. The van der Waals surface area contributed by atoms with Crippen molar-refractivity contribution >= 4 is 17.9 Å². The van der Waals surface area contributed by atoms with E-state index in [1.807, 2.05) is 19.1 Å². The minimum Gasteiger partial charge on any atom is -0.497 e. The minimum atomic E-state index is -0.379. The number of imide groups is 1. The fourth-order valence-corrected chi connectivity index (χ4v) is 2.30. The molecular weight excluding hydrogens is 290 g/mol. The zero-order chi connectivity index (χ0) is 17.0. The second-order valence-corrected chi connectivity index (χ2v) is 5.14. The van der Waals surface area contributed by atoms with Crippen LogP contribution in [0.2, 0.25) is 0 Å². The molecule has 0 aromatic heterocycles. The van der Waals surface area contributed by atoms with Gasteiger partial charge in [0.25, 0.3) is 11.8 Å². The summed E-state index contributed by atoms with van der Waals surface area (Å²) < 4.78 is 5.14. The standard InChI is InChI=1S/C19H19NO3/c1-5-14-12-15(23-4)10-11-17(14)19(22)20(3)18(21)16-9-7-6-8-13(16)2/h5-12H,1H2,2-4H3. The van der Waals surface area contributed by atoms with Gasteiger partial charge in [0.1, 0.15) is 5.75 Å². The molecule has 0 heterocycles. The van der Waals surface area contributed by atoms with E-state index in [0.29, 0.717) is 22.4 Å². The molecule has 0 aliphatic heterocycles. The van der Waals surface area contributed by atoms with E-state index in [-0.39, 0.29) is 11.8 Å². The highest BCUT2D eigenvalue weighted by atomic mass is 16.5. The third-order valence-electron chi connectivity index (χ3n) is 3.69. The molecule has 4 nitrogen and oxygen atoms in total. The van der Waals surface area contributed by atoms with Crippen LogP contribution in [0.3, 0.4) is 0 Å². The molecule has 2 aromatic carbocycles. The van der Waals surface area contributed by atoms with Gasteiger partial charge >= 0.3 is 0 Å². The molecule has 0 saturated carbocycles. The summed E-state index contributed by atoms with van der Waals surface area (Å²) in [5.74, 6) is -0.0842. The second kappa shape index (κ2) is 6.92. The molecule has 4 heteroatoms. The van der Waals surface area contributed by atoms with Crippen molar-refractivity contribution in [3.63, 3.8) is 0 Å². The van der Waals surface area contributed by atoms with Crippen molar-refractivity contribution in [2.24, 2.45) is 0 Å². The number of hydrogen-bond acceptors (Lipinski definition) is 3. The topological polar surface area (TPSA) is 46.6 Å². The molecule has 0 saturated heterocycles. The number of methoxy groups -OCH3 is 1. The molecule has 0 N–H and O–H groups in total. The molecule has 2 aromatic rings. The second-order valence-electron chi connectivity index (χ2n) is 5.14. The SMILES string of the molecule is C=Cc1cc(OC)ccc1C(=O)N(C)C(=O)c1ccccc1C. The maximum atomic E-state index is 12.7. The average Bonchev–Trinajstić information content (AvgIpc) is 2.59. The molecule has 2 rings (SSSR count). The number of hydrogen-bond donors (Lipinski definition) is 0. The molecule has 118 valence electrons. The zero-order valence-corrected chi connectivity index (χ0v) is 13.5. The minimum absolute atomic E-state index is 0.334. The van der Waals surface area contributed by atoms with E-state index in [0.717, 1.165) is 10.5 Å². The largest absolute Gasteiger partial charge is 0.497 e. The Morgan fingerprint density at radius 1 is 1.09 bits per heavy atom. The van der Waals surface area contributed by atoms with E-state index in [9.17, 15) is 9.59 Å². The van der Waals surface area contributed by atoms with Gasteiger partial charge in [-0.05, 0) is 42.3 Å². The van der Waals surface area contributed by atoms with Gasteiger partial charge in [0.05, 0.1) is 7.11 Å². The van der Waals surface area contributed by atoms with Crippen LogP contribution in [-0.4, -0.2) is 30.9 Å². The van der Waals surface area contributed by atoms with Crippen molar-refractivity contribution in [1.82, 2.24) is 4.90 Å². The van der Waals surface area contributed by atoms with Crippen LogP contribution >= 0.6 is 0 Å². The smallest absolute Gasteiger partial charge is 0.261 e. The van der Waals surface area contributed by atoms with Crippen LogP contribution in [0.25, 0.3) is 6.08 Å². The summed E-state index contributed by atoms with van der Waals surface area (Å²) in [6.45, 7) is 5.56. The first-order valence-electron chi connectivity index (χ1n) is 7.18. The summed E-state index contributed by atoms with van der Waals surface area (Å²) >= 11 is 0. The molecule has 0 atom stereocenters. The fourth-order valence-electron chi connectivity index (χ4n) is 2.30. The first-order valence-corrected chi connectivity index (χ1v) is 7.18. The highest BCUT2D eigenvalue weighted by Crippen LogP contribution is 2.21. The molecular formula is C19H19NO3. The number of nitrogens with zero attached hydrogens (tertiary/aromatic N) is 1. The molecule has 0 unspecified atom stereocenters. The maximum absolute atomic E-state index is 12.7. The Morgan fingerprint density at radius 2 is 1.74 bits per heavy atom. The molecule has 0 radical (unpaired) electrons. The van der Waals surface area contributed by atoms with Crippen LogP contribution in [0, 0.1) is 6.92 Å². The van der Waals surface area contributed by atoms with Gasteiger partial charge in [-0.2, -0.15) is 0 Å². The van der Waals surface area contributed by atoms with Crippen LogP contribution in [-0.2, 0) is 0 Å². The van der Waals surface area contributed by atoms with Crippen molar-refractivity contribution in [1.29, 1.82) is 0 Å². The summed E-state index contributed by atoms with van der Waals surface area (Å²) in [6.07, 6.45) is 1.57. The van der Waals surface area contributed by atoms with Gasteiger partial charge in [-0.25, -0.2) is 0 Å². The number of ether oxygens (including phenoxy) is 1. The number of amides is 2. The molecule has 0 aliphatic carbocycles. The average molecular weight is 309 g/mol. The molecule has 0 fully saturated rings. The van der Waals surface area contributed by atoms with E-state index < -0.39 is 0 Å². The number of carbonyl (C=O) groups is 2. The van der Waals surface area contributed by atoms with Crippen LogP contribution in [0.1, 0.15) is 31.8 Å². The third-order valence-corrected chi connectivity index (χ3v) is 3.69. The summed E-state index contributed by atoms with van der Waals surface area (Å²) in [5, 5.41) is 0. The molecule has 0 spiro atoms. The summed E-state index contributed by atoms with van der Waals surface area (Å²) in [5.41, 5.74) is 2.37. The van der Waals surface area contributed by atoms with Crippen molar-refractivity contribution in [3.05, 3.63) is 71.3 Å². The van der Waals surface area contributed by atoms with Crippen molar-refractivity contribution in [2.45, 2.75) is 6.92 Å². The lowest BCUT2D eigenvalue weighted by atomic mass is 10.0. The predicted octanol–water partition coefficient (Wildman–Crippen LogP) is 3.56. The van der Waals surface area contributed by atoms with Gasteiger partial charge in [0.15, 0.2) is 0 Å². The Labute approximate surface area is 136 Å².